The van der Waals surface area contributed by atoms with Crippen molar-refractivity contribution in [1.29, 1.82) is 0 Å². The van der Waals surface area contributed by atoms with Crippen molar-refractivity contribution in [2.75, 3.05) is 19.8 Å². The highest BCUT2D eigenvalue weighted by Crippen LogP contribution is 2.50. The molecule has 8 nitrogen and oxygen atoms in total. The fraction of sp³-hybridized carbons (Fsp3) is 0.269. The summed E-state index contributed by atoms with van der Waals surface area (Å²) in [6.07, 6.45) is 0. The highest BCUT2D eigenvalue weighted by atomic mass is 31.2. The van der Waals surface area contributed by atoms with Gasteiger partial charge in [0.2, 0.25) is 0 Å². The second-order valence-corrected chi connectivity index (χ2v) is 9.60. The fourth-order valence-electron chi connectivity index (χ4n) is 3.98. The van der Waals surface area contributed by atoms with Crippen LogP contribution in [0, 0.1) is 6.92 Å². The summed E-state index contributed by atoms with van der Waals surface area (Å²) in [5.74, 6) is -0.630. The molecule has 0 saturated carbocycles. The third kappa shape index (κ3) is 4.65. The Morgan fingerprint density at radius 2 is 1.40 bits per heavy atom. The minimum absolute atomic E-state index is 0.0708. The van der Waals surface area contributed by atoms with Crippen LogP contribution in [0.3, 0.4) is 0 Å². The first kappa shape index (κ1) is 24.8. The fourth-order valence-corrected chi connectivity index (χ4v) is 5.91. The predicted octanol–water partition coefficient (Wildman–Crippen LogP) is 5.44. The Bertz CT molecular complexity index is 1380. The van der Waals surface area contributed by atoms with Crippen molar-refractivity contribution in [3.05, 3.63) is 71.9 Å². The molecule has 0 fully saturated rings. The van der Waals surface area contributed by atoms with Gasteiger partial charge in [0, 0.05) is 11.1 Å². The van der Waals surface area contributed by atoms with Crippen LogP contribution in [0.25, 0.3) is 28.2 Å². The number of fused-ring (bicyclic) bond motifs is 1. The third-order valence-electron chi connectivity index (χ3n) is 5.42. The number of aryl methyl sites for hydroxylation is 1. The number of hydrogen-bond acceptors (Lipinski definition) is 7. The molecule has 0 unspecified atom stereocenters. The normalized spacial score (nSPS) is 11.7. The van der Waals surface area contributed by atoms with E-state index in [9.17, 15) is 9.36 Å². The zero-order valence-electron chi connectivity index (χ0n) is 20.2. The van der Waals surface area contributed by atoms with E-state index in [0.717, 1.165) is 11.1 Å². The number of rotatable bonds is 9. The van der Waals surface area contributed by atoms with E-state index in [0.29, 0.717) is 17.1 Å². The van der Waals surface area contributed by atoms with Gasteiger partial charge in [0.25, 0.3) is 0 Å². The molecular formula is C26H28N3O5P. The van der Waals surface area contributed by atoms with Crippen LogP contribution in [-0.2, 0) is 18.3 Å². The monoisotopic (exact) mass is 493 g/mol. The van der Waals surface area contributed by atoms with E-state index in [-0.39, 0.29) is 36.3 Å². The van der Waals surface area contributed by atoms with E-state index >= 15 is 0 Å². The maximum Gasteiger partial charge on any atom is 0.366 e. The van der Waals surface area contributed by atoms with Crippen LogP contribution in [0.1, 0.15) is 36.8 Å². The molecule has 4 rings (SSSR count). The quantitative estimate of drug-likeness (QED) is 0.226. The van der Waals surface area contributed by atoms with Gasteiger partial charge in [-0.3, -0.25) is 4.57 Å². The molecule has 35 heavy (non-hydrogen) atoms. The van der Waals surface area contributed by atoms with Crippen molar-refractivity contribution in [2.24, 2.45) is 0 Å². The number of benzene rings is 2. The van der Waals surface area contributed by atoms with Crippen LogP contribution in [0.15, 0.2) is 60.7 Å². The minimum atomic E-state index is -3.93. The van der Waals surface area contributed by atoms with E-state index in [2.05, 4.69) is 0 Å². The third-order valence-corrected chi connectivity index (χ3v) is 7.58. The number of carbonyl (C=O) groups is 1. The molecule has 0 bridgehead atoms. The summed E-state index contributed by atoms with van der Waals surface area (Å²) < 4.78 is 32.2. The maximum absolute atomic E-state index is 14.0. The van der Waals surface area contributed by atoms with Gasteiger partial charge in [0.1, 0.15) is 22.3 Å². The highest BCUT2D eigenvalue weighted by molar-refractivity contribution is 7.63. The zero-order chi connectivity index (χ0) is 25.0. The smallest absolute Gasteiger partial charge is 0.366 e. The van der Waals surface area contributed by atoms with Gasteiger partial charge >= 0.3 is 13.6 Å². The molecule has 0 spiro atoms. The summed E-state index contributed by atoms with van der Waals surface area (Å²) in [5, 5.41) is 4.96. The Morgan fingerprint density at radius 3 is 1.91 bits per heavy atom. The average molecular weight is 494 g/mol. The molecule has 0 aliphatic heterocycles. The van der Waals surface area contributed by atoms with Gasteiger partial charge in [-0.1, -0.05) is 60.7 Å². The Labute approximate surface area is 204 Å². The Balaban J connectivity index is 2.14. The van der Waals surface area contributed by atoms with Gasteiger partial charge in [-0.05, 0) is 27.7 Å². The second kappa shape index (κ2) is 10.5. The summed E-state index contributed by atoms with van der Waals surface area (Å²) in [7, 11) is -3.93. The van der Waals surface area contributed by atoms with Crippen molar-refractivity contribution in [3.8, 4) is 22.5 Å². The van der Waals surface area contributed by atoms with Crippen molar-refractivity contribution in [2.45, 2.75) is 27.7 Å². The topological polar surface area (TPSA) is 92.0 Å². The number of hydrogen-bond donors (Lipinski definition) is 0. The minimum Gasteiger partial charge on any atom is -0.462 e. The predicted molar refractivity (Wildman–Crippen MR) is 135 cm³/mol. The lowest BCUT2D eigenvalue weighted by Gasteiger charge is -2.18. The van der Waals surface area contributed by atoms with Gasteiger partial charge in [-0.15, -0.1) is 0 Å². The summed E-state index contributed by atoms with van der Waals surface area (Å²) in [6.45, 7) is 7.27. The molecule has 0 aliphatic carbocycles. The first-order valence-electron chi connectivity index (χ1n) is 11.6. The molecule has 182 valence electrons. The van der Waals surface area contributed by atoms with Crippen LogP contribution in [0.2, 0.25) is 0 Å². The summed E-state index contributed by atoms with van der Waals surface area (Å²) in [4.78, 5) is 18.0. The van der Waals surface area contributed by atoms with Gasteiger partial charge in [0.15, 0.2) is 5.65 Å². The lowest BCUT2D eigenvalue weighted by Crippen LogP contribution is -2.20. The van der Waals surface area contributed by atoms with Crippen molar-refractivity contribution in [3.63, 3.8) is 0 Å². The molecule has 4 aromatic rings. The molecule has 0 N–H and O–H groups in total. The van der Waals surface area contributed by atoms with E-state index in [4.69, 9.17) is 23.9 Å². The van der Waals surface area contributed by atoms with E-state index in [1.807, 2.05) is 60.7 Å². The van der Waals surface area contributed by atoms with Gasteiger partial charge in [-0.25, -0.2) is 14.3 Å². The summed E-state index contributed by atoms with van der Waals surface area (Å²) in [6, 6.07) is 19.3. The standard InChI is InChI=1S/C26H28N3O5P/c1-5-32-26(30)21-18(4)29-25(24(21)35(31,33-6-2)34-7-3)27-22(19-14-10-8-11-15-19)23(28-29)20-16-12-9-13-17-20/h8-17H,5-7H2,1-4H3. The summed E-state index contributed by atoms with van der Waals surface area (Å²) in [5.41, 5.74) is 3.65. The van der Waals surface area contributed by atoms with E-state index < -0.39 is 13.6 Å². The molecule has 0 aliphatic rings. The second-order valence-electron chi connectivity index (χ2n) is 7.64. The first-order valence-corrected chi connectivity index (χ1v) is 13.1. The Morgan fingerprint density at radius 1 is 0.857 bits per heavy atom. The zero-order valence-corrected chi connectivity index (χ0v) is 21.1. The molecule has 0 saturated heterocycles. The molecule has 0 radical (unpaired) electrons. The molecule has 0 amide bonds. The average Bonchev–Trinajstić information content (AvgIpc) is 3.17. The van der Waals surface area contributed by atoms with Crippen molar-refractivity contribution >= 4 is 24.5 Å². The van der Waals surface area contributed by atoms with Crippen LogP contribution >= 0.6 is 7.60 Å². The Kier molecular flexibility index (Phi) is 7.45. The summed E-state index contributed by atoms with van der Waals surface area (Å²) >= 11 is 0. The molecule has 0 atom stereocenters. The number of nitrogens with zero attached hydrogens (tertiary/aromatic N) is 3. The van der Waals surface area contributed by atoms with E-state index in [1.165, 1.54) is 4.52 Å². The van der Waals surface area contributed by atoms with Gasteiger partial charge in [-0.2, -0.15) is 5.10 Å². The van der Waals surface area contributed by atoms with Crippen molar-refractivity contribution < 1.29 is 23.1 Å². The number of esters is 1. The van der Waals surface area contributed by atoms with Gasteiger partial charge in [0.05, 0.1) is 25.5 Å². The number of aromatic nitrogens is 3. The van der Waals surface area contributed by atoms with Gasteiger partial charge < -0.3 is 13.8 Å². The largest absolute Gasteiger partial charge is 0.462 e. The lowest BCUT2D eigenvalue weighted by atomic mass is 10.0. The first-order chi connectivity index (χ1) is 16.9. The van der Waals surface area contributed by atoms with Crippen LogP contribution < -0.4 is 5.30 Å². The number of ether oxygens (including phenoxy) is 1. The Hall–Kier alpha value is -3.32. The van der Waals surface area contributed by atoms with E-state index in [1.54, 1.807) is 27.7 Å². The highest BCUT2D eigenvalue weighted by Gasteiger charge is 2.40. The maximum atomic E-state index is 14.0. The molecule has 2 aromatic carbocycles. The van der Waals surface area contributed by atoms with Crippen LogP contribution in [0.5, 0.6) is 0 Å². The number of carbonyl (C=O) groups excluding carboxylic acids is 1. The molecule has 9 heteroatoms. The molecule has 2 heterocycles. The molecule has 2 aromatic heterocycles. The van der Waals surface area contributed by atoms with Crippen LogP contribution in [0.4, 0.5) is 0 Å². The molecular weight excluding hydrogens is 465 g/mol. The van der Waals surface area contributed by atoms with Crippen LogP contribution in [-0.4, -0.2) is 40.4 Å². The lowest BCUT2D eigenvalue weighted by molar-refractivity contribution is 0.0526. The van der Waals surface area contributed by atoms with Crippen molar-refractivity contribution in [1.82, 2.24) is 14.6 Å². The SMILES string of the molecule is CCOC(=O)c1c(P(=O)(OCC)OCC)c2nc(-c3ccccc3)c(-c3ccccc3)nn2c1C.